The minimum atomic E-state index is -0.324. The van der Waals surface area contributed by atoms with Gasteiger partial charge in [-0.3, -0.25) is 4.79 Å². The molecule has 2 heterocycles. The van der Waals surface area contributed by atoms with E-state index >= 15 is 0 Å². The average Bonchev–Trinajstić information content (AvgIpc) is 3.26. The van der Waals surface area contributed by atoms with Crippen LogP contribution in [0.3, 0.4) is 0 Å². The highest BCUT2D eigenvalue weighted by Crippen LogP contribution is 2.33. The number of pyridine rings is 1. The predicted molar refractivity (Wildman–Crippen MR) is 124 cm³/mol. The summed E-state index contributed by atoms with van der Waals surface area (Å²) in [6, 6.07) is 16.6. The lowest BCUT2D eigenvalue weighted by molar-refractivity contribution is 0.0956. The van der Waals surface area contributed by atoms with Gasteiger partial charge in [0.1, 0.15) is 5.75 Å². The van der Waals surface area contributed by atoms with Crippen LogP contribution in [0.1, 0.15) is 15.9 Å². The number of thiophene rings is 1. The maximum absolute atomic E-state index is 12.9. The number of fused-ring (bicyclic) bond motifs is 1. The molecule has 2 aromatic heterocycles. The maximum atomic E-state index is 12.9. The van der Waals surface area contributed by atoms with E-state index in [1.807, 2.05) is 41.8 Å². The van der Waals surface area contributed by atoms with Crippen molar-refractivity contribution in [2.75, 3.05) is 0 Å². The number of carbonyl (C=O) groups excluding carboxylic acids is 1. The summed E-state index contributed by atoms with van der Waals surface area (Å²) < 4.78 is 1.06. The molecule has 0 atom stereocenters. The molecule has 0 unspecified atom stereocenters. The fourth-order valence-corrected chi connectivity index (χ4v) is 4.71. The molecule has 0 fully saturated rings. The fraction of sp³-hybridized carbons (Fsp3) is 0. The van der Waals surface area contributed by atoms with Crippen LogP contribution in [0.25, 0.3) is 21.5 Å². The third-order valence-corrected chi connectivity index (χ3v) is 6.25. The number of phenols is 1. The van der Waals surface area contributed by atoms with E-state index in [1.165, 1.54) is 6.21 Å². The molecular weight excluding hydrogens is 518 g/mol. The molecule has 29 heavy (non-hydrogen) atoms. The van der Waals surface area contributed by atoms with Crippen molar-refractivity contribution in [1.82, 2.24) is 10.4 Å². The first-order valence-electron chi connectivity index (χ1n) is 8.48. The van der Waals surface area contributed by atoms with Crippen molar-refractivity contribution >= 4 is 66.2 Å². The van der Waals surface area contributed by atoms with Crippen LogP contribution in [0.5, 0.6) is 5.75 Å². The molecule has 0 radical (unpaired) electrons. The lowest BCUT2D eigenvalue weighted by Gasteiger charge is -2.08. The van der Waals surface area contributed by atoms with Crippen molar-refractivity contribution in [3.8, 4) is 16.3 Å². The number of halogens is 2. The van der Waals surface area contributed by atoms with Crippen LogP contribution in [0.2, 0.25) is 0 Å². The quantitative estimate of drug-likeness (QED) is 0.252. The topological polar surface area (TPSA) is 74.6 Å². The molecule has 4 rings (SSSR count). The predicted octanol–water partition coefficient (Wildman–Crippen LogP) is 5.96. The fourth-order valence-electron chi connectivity index (χ4n) is 2.80. The molecule has 5 nitrogen and oxygen atoms in total. The lowest BCUT2D eigenvalue weighted by Crippen LogP contribution is -2.18. The second kappa shape index (κ2) is 8.44. The van der Waals surface area contributed by atoms with Crippen LogP contribution < -0.4 is 5.43 Å². The molecule has 0 saturated carbocycles. The molecule has 1 amide bonds. The van der Waals surface area contributed by atoms with Crippen LogP contribution in [0, 0.1) is 0 Å². The number of nitrogens with one attached hydrogen (secondary N) is 1. The zero-order valence-electron chi connectivity index (χ0n) is 14.8. The number of amides is 1. The molecule has 0 aliphatic heterocycles. The first kappa shape index (κ1) is 19.8. The molecule has 0 aliphatic carbocycles. The van der Waals surface area contributed by atoms with Gasteiger partial charge in [-0.2, -0.15) is 5.10 Å². The SMILES string of the molecule is O=C(N/N=C/c1cc(Br)c(O)c(Br)c1)c1cc(-c2cccs2)nc2ccccc12. The number of hydrazone groups is 1. The standard InChI is InChI=1S/C21H13Br2N3O2S/c22-15-8-12(9-16(23)20(15)27)11-24-26-21(28)14-10-18(19-6-3-7-29-19)25-17-5-2-1-4-13(14)17/h1-11,27H,(H,26,28)/b24-11+. The number of para-hydroxylation sites is 1. The van der Waals surface area contributed by atoms with Crippen molar-refractivity contribution in [3.05, 3.63) is 80.0 Å². The van der Waals surface area contributed by atoms with E-state index in [-0.39, 0.29) is 11.7 Å². The zero-order chi connectivity index (χ0) is 20.4. The lowest BCUT2D eigenvalue weighted by atomic mass is 10.1. The Balaban J connectivity index is 1.65. The summed E-state index contributed by atoms with van der Waals surface area (Å²) in [5.41, 5.74) is 5.29. The van der Waals surface area contributed by atoms with Gasteiger partial charge in [0.05, 0.1) is 36.8 Å². The van der Waals surface area contributed by atoms with E-state index in [0.717, 1.165) is 21.5 Å². The summed E-state index contributed by atoms with van der Waals surface area (Å²) in [6.07, 6.45) is 1.51. The molecule has 2 aromatic carbocycles. The highest BCUT2D eigenvalue weighted by atomic mass is 79.9. The van der Waals surface area contributed by atoms with Crippen molar-refractivity contribution in [2.24, 2.45) is 5.10 Å². The molecule has 4 aromatic rings. The Kier molecular flexibility index (Phi) is 5.75. The number of phenolic OH excluding ortho intramolecular Hbond substituents is 1. The van der Waals surface area contributed by atoms with E-state index in [0.29, 0.717) is 20.1 Å². The van der Waals surface area contributed by atoms with E-state index in [2.05, 4.69) is 47.4 Å². The van der Waals surface area contributed by atoms with Gasteiger partial charge < -0.3 is 5.11 Å². The monoisotopic (exact) mass is 529 g/mol. The van der Waals surface area contributed by atoms with Crippen LogP contribution in [0.4, 0.5) is 0 Å². The molecule has 2 N–H and O–H groups in total. The average molecular weight is 531 g/mol. The molecule has 0 bridgehead atoms. The van der Waals surface area contributed by atoms with Crippen LogP contribution in [0.15, 0.2) is 74.0 Å². The van der Waals surface area contributed by atoms with Crippen molar-refractivity contribution in [2.45, 2.75) is 0 Å². The number of nitrogens with zero attached hydrogens (tertiary/aromatic N) is 2. The Bertz CT molecular complexity index is 1220. The van der Waals surface area contributed by atoms with Gasteiger partial charge in [0.15, 0.2) is 0 Å². The third kappa shape index (κ3) is 4.24. The van der Waals surface area contributed by atoms with Gasteiger partial charge in [-0.05, 0) is 73.1 Å². The second-order valence-electron chi connectivity index (χ2n) is 6.08. The van der Waals surface area contributed by atoms with Crippen molar-refractivity contribution < 1.29 is 9.90 Å². The zero-order valence-corrected chi connectivity index (χ0v) is 18.8. The Morgan fingerprint density at radius 1 is 1.10 bits per heavy atom. The Labute approximate surface area is 187 Å². The third-order valence-electron chi connectivity index (χ3n) is 4.15. The van der Waals surface area contributed by atoms with Crippen LogP contribution >= 0.6 is 43.2 Å². The molecule has 144 valence electrons. The maximum Gasteiger partial charge on any atom is 0.272 e. The summed E-state index contributed by atoms with van der Waals surface area (Å²) >= 11 is 8.12. The van der Waals surface area contributed by atoms with Gasteiger partial charge >= 0.3 is 0 Å². The molecule has 0 spiro atoms. The van der Waals surface area contributed by atoms with Crippen molar-refractivity contribution in [1.29, 1.82) is 0 Å². The minimum absolute atomic E-state index is 0.107. The van der Waals surface area contributed by atoms with Gasteiger partial charge in [-0.25, -0.2) is 10.4 Å². The number of rotatable bonds is 4. The van der Waals surface area contributed by atoms with Gasteiger partial charge in [0.25, 0.3) is 5.91 Å². The van der Waals surface area contributed by atoms with E-state index in [1.54, 1.807) is 29.5 Å². The number of carbonyl (C=O) groups is 1. The van der Waals surface area contributed by atoms with Crippen LogP contribution in [-0.4, -0.2) is 22.2 Å². The number of hydrogen-bond acceptors (Lipinski definition) is 5. The summed E-state index contributed by atoms with van der Waals surface area (Å²) in [5.74, 6) is -0.217. The number of aromatic nitrogens is 1. The molecule has 0 aliphatic rings. The first-order valence-corrected chi connectivity index (χ1v) is 10.9. The molecule has 8 heteroatoms. The van der Waals surface area contributed by atoms with Gasteiger partial charge in [-0.15, -0.1) is 11.3 Å². The van der Waals surface area contributed by atoms with Gasteiger partial charge in [-0.1, -0.05) is 24.3 Å². The Hall–Kier alpha value is -2.55. The van der Waals surface area contributed by atoms with Gasteiger partial charge in [0.2, 0.25) is 0 Å². The Morgan fingerprint density at radius 3 is 2.59 bits per heavy atom. The number of hydrogen-bond donors (Lipinski definition) is 2. The van der Waals surface area contributed by atoms with Crippen molar-refractivity contribution in [3.63, 3.8) is 0 Å². The summed E-state index contributed by atoms with van der Waals surface area (Å²) in [6.45, 7) is 0. The highest BCUT2D eigenvalue weighted by Gasteiger charge is 2.14. The second-order valence-corrected chi connectivity index (χ2v) is 8.74. The highest BCUT2D eigenvalue weighted by molar-refractivity contribution is 9.11. The largest absolute Gasteiger partial charge is 0.506 e. The number of aromatic hydroxyl groups is 1. The Morgan fingerprint density at radius 2 is 1.86 bits per heavy atom. The molecule has 0 saturated heterocycles. The van der Waals surface area contributed by atoms with Gasteiger partial charge in [0, 0.05) is 5.39 Å². The van der Waals surface area contributed by atoms with Crippen LogP contribution in [-0.2, 0) is 0 Å². The summed E-state index contributed by atoms with van der Waals surface area (Å²) in [7, 11) is 0. The summed E-state index contributed by atoms with van der Waals surface area (Å²) in [5, 5.41) is 16.6. The number of benzene rings is 2. The van der Waals surface area contributed by atoms with E-state index in [9.17, 15) is 9.90 Å². The minimum Gasteiger partial charge on any atom is -0.506 e. The molecular formula is C21H13Br2N3O2S. The summed E-state index contributed by atoms with van der Waals surface area (Å²) in [4.78, 5) is 18.5. The van der Waals surface area contributed by atoms with E-state index in [4.69, 9.17) is 0 Å². The normalized spacial score (nSPS) is 11.2. The first-order chi connectivity index (χ1) is 14.0. The smallest absolute Gasteiger partial charge is 0.272 e. The van der Waals surface area contributed by atoms with E-state index < -0.39 is 0 Å².